The van der Waals surface area contributed by atoms with Crippen LogP contribution in [0.3, 0.4) is 0 Å². The molecule has 0 spiro atoms. The van der Waals surface area contributed by atoms with Gasteiger partial charge in [-0.2, -0.15) is 5.26 Å². The van der Waals surface area contributed by atoms with Gasteiger partial charge in [-0.1, -0.05) is 23.4 Å². The molecule has 0 N–H and O–H groups in total. The average Bonchev–Trinajstić information content (AvgIpc) is 3.28. The van der Waals surface area contributed by atoms with Gasteiger partial charge in [0.25, 0.3) is 0 Å². The Balaban J connectivity index is 1.62. The van der Waals surface area contributed by atoms with E-state index < -0.39 is 5.82 Å². The zero-order valence-corrected chi connectivity index (χ0v) is 15.5. The highest BCUT2D eigenvalue weighted by Gasteiger charge is 2.26. The molecule has 1 aliphatic rings. The Kier molecular flexibility index (Phi) is 3.88. The summed E-state index contributed by atoms with van der Waals surface area (Å²) in [5, 5.41) is 18.1. The van der Waals surface area contributed by atoms with Crippen molar-refractivity contribution in [2.45, 2.75) is 20.0 Å². The molecular weight excluding hydrogens is 371 g/mol. The first kappa shape index (κ1) is 17.1. The van der Waals surface area contributed by atoms with Gasteiger partial charge in [0.15, 0.2) is 17.3 Å². The molecule has 29 heavy (non-hydrogen) atoms. The van der Waals surface area contributed by atoms with Crippen molar-refractivity contribution in [2.75, 3.05) is 0 Å². The van der Waals surface area contributed by atoms with E-state index in [4.69, 9.17) is 4.74 Å². The Morgan fingerprint density at radius 1 is 1.17 bits per heavy atom. The molecular formula is C21H15FN6O. The predicted octanol–water partition coefficient (Wildman–Crippen LogP) is 3.26. The van der Waals surface area contributed by atoms with Gasteiger partial charge >= 0.3 is 0 Å². The van der Waals surface area contributed by atoms with Crippen LogP contribution in [-0.2, 0) is 13.0 Å². The maximum absolute atomic E-state index is 13.9. The molecule has 4 aromatic rings. The van der Waals surface area contributed by atoms with Gasteiger partial charge in [0.1, 0.15) is 24.7 Å². The number of fused-ring (bicyclic) bond motifs is 5. The van der Waals surface area contributed by atoms with Crippen LogP contribution in [0.15, 0.2) is 48.8 Å². The number of rotatable bonds is 3. The van der Waals surface area contributed by atoms with Crippen LogP contribution in [0.4, 0.5) is 4.39 Å². The smallest absolute Gasteiger partial charge is 0.165 e. The van der Waals surface area contributed by atoms with Gasteiger partial charge < -0.3 is 4.74 Å². The van der Waals surface area contributed by atoms with Gasteiger partial charge in [0.05, 0.1) is 22.8 Å². The minimum absolute atomic E-state index is 0.0629. The molecule has 142 valence electrons. The summed E-state index contributed by atoms with van der Waals surface area (Å²) in [5.41, 5.74) is 5.25. The standard InChI is InChI=1S/C21H15FN6O/c1-13-6-7-17-20(8-13)28-19(9-18-15(10-23)24-12-27(17)18)16(25-26-28)11-29-21-5-3-2-4-14(21)22/h2-8,12H,9,11H2,1H3. The molecule has 2 aromatic heterocycles. The van der Waals surface area contributed by atoms with Crippen LogP contribution < -0.4 is 4.74 Å². The zero-order chi connectivity index (χ0) is 20.0. The molecule has 5 rings (SSSR count). The second kappa shape index (κ2) is 6.56. The Labute approximate surface area is 165 Å². The second-order valence-electron chi connectivity index (χ2n) is 6.80. The van der Waals surface area contributed by atoms with E-state index in [1.165, 1.54) is 6.07 Å². The maximum Gasteiger partial charge on any atom is 0.165 e. The van der Waals surface area contributed by atoms with Crippen molar-refractivity contribution in [1.82, 2.24) is 24.5 Å². The molecule has 0 bridgehead atoms. The van der Waals surface area contributed by atoms with Crippen molar-refractivity contribution in [2.24, 2.45) is 0 Å². The molecule has 0 aliphatic carbocycles. The number of benzene rings is 2. The van der Waals surface area contributed by atoms with Crippen molar-refractivity contribution in [3.63, 3.8) is 0 Å². The van der Waals surface area contributed by atoms with Gasteiger partial charge in [0.2, 0.25) is 0 Å². The van der Waals surface area contributed by atoms with Crippen LogP contribution in [0.5, 0.6) is 5.75 Å². The summed E-state index contributed by atoms with van der Waals surface area (Å²) in [6.07, 6.45) is 2.05. The van der Waals surface area contributed by atoms with Crippen LogP contribution in [0.25, 0.3) is 11.4 Å². The first-order chi connectivity index (χ1) is 14.2. The molecule has 0 unspecified atom stereocenters. The lowest BCUT2D eigenvalue weighted by Gasteiger charge is -2.10. The SMILES string of the molecule is Cc1ccc2c(c1)-n1nnc(COc3ccccc3F)c1Cc1c(C#N)ncn1-2. The fourth-order valence-electron chi connectivity index (χ4n) is 3.53. The number of halogens is 1. The quantitative estimate of drug-likeness (QED) is 0.475. The Hall–Kier alpha value is -3.99. The summed E-state index contributed by atoms with van der Waals surface area (Å²) in [6, 6.07) is 14.4. The first-order valence-electron chi connectivity index (χ1n) is 9.04. The van der Waals surface area contributed by atoms with Crippen LogP contribution in [0.1, 0.15) is 28.3 Å². The average molecular weight is 386 g/mol. The number of imidazole rings is 1. The summed E-state index contributed by atoms with van der Waals surface area (Å²) in [4.78, 5) is 4.24. The number of nitrogens with zero attached hydrogens (tertiary/aromatic N) is 6. The van der Waals surface area contributed by atoms with E-state index in [0.717, 1.165) is 28.3 Å². The van der Waals surface area contributed by atoms with E-state index in [1.54, 1.807) is 29.2 Å². The van der Waals surface area contributed by atoms with Crippen LogP contribution in [0, 0.1) is 24.1 Å². The number of hydrogen-bond acceptors (Lipinski definition) is 5. The molecule has 8 heteroatoms. The molecule has 3 heterocycles. The molecule has 0 amide bonds. The Morgan fingerprint density at radius 3 is 2.86 bits per heavy atom. The minimum Gasteiger partial charge on any atom is -0.484 e. The largest absolute Gasteiger partial charge is 0.484 e. The lowest BCUT2D eigenvalue weighted by atomic mass is 10.1. The van der Waals surface area contributed by atoms with Gasteiger partial charge in [-0.05, 0) is 36.8 Å². The predicted molar refractivity (Wildman–Crippen MR) is 101 cm³/mol. The van der Waals surface area contributed by atoms with E-state index >= 15 is 0 Å². The number of para-hydroxylation sites is 1. The van der Waals surface area contributed by atoms with Crippen molar-refractivity contribution < 1.29 is 9.13 Å². The molecule has 7 nitrogen and oxygen atoms in total. The zero-order valence-electron chi connectivity index (χ0n) is 15.5. The molecule has 0 saturated carbocycles. The van der Waals surface area contributed by atoms with Crippen LogP contribution in [0.2, 0.25) is 0 Å². The lowest BCUT2D eigenvalue weighted by molar-refractivity contribution is 0.285. The lowest BCUT2D eigenvalue weighted by Crippen LogP contribution is -2.06. The molecule has 0 saturated heterocycles. The Morgan fingerprint density at radius 2 is 2.03 bits per heavy atom. The summed E-state index contributed by atoms with van der Waals surface area (Å²) < 4.78 is 23.2. The fourth-order valence-corrected chi connectivity index (χ4v) is 3.53. The molecule has 1 aliphatic heterocycles. The van der Waals surface area contributed by atoms with E-state index in [0.29, 0.717) is 17.8 Å². The third kappa shape index (κ3) is 2.75. The molecule has 2 aromatic carbocycles. The highest BCUT2D eigenvalue weighted by molar-refractivity contribution is 5.58. The highest BCUT2D eigenvalue weighted by atomic mass is 19.1. The summed E-state index contributed by atoms with van der Waals surface area (Å²) in [7, 11) is 0. The van der Waals surface area contributed by atoms with Gasteiger partial charge in [0, 0.05) is 6.42 Å². The third-order valence-corrected chi connectivity index (χ3v) is 4.97. The Bertz CT molecular complexity index is 1280. The van der Waals surface area contributed by atoms with E-state index in [2.05, 4.69) is 21.4 Å². The van der Waals surface area contributed by atoms with Crippen molar-refractivity contribution in [3.8, 4) is 23.2 Å². The second-order valence-corrected chi connectivity index (χ2v) is 6.80. The van der Waals surface area contributed by atoms with E-state index in [9.17, 15) is 9.65 Å². The normalized spacial score (nSPS) is 11.8. The van der Waals surface area contributed by atoms with Crippen LogP contribution >= 0.6 is 0 Å². The summed E-state index contributed by atoms with van der Waals surface area (Å²) in [5.74, 6) is -0.279. The highest BCUT2D eigenvalue weighted by Crippen LogP contribution is 2.30. The first-order valence-corrected chi connectivity index (χ1v) is 9.04. The third-order valence-electron chi connectivity index (χ3n) is 4.97. The van der Waals surface area contributed by atoms with Gasteiger partial charge in [-0.3, -0.25) is 4.57 Å². The van der Waals surface area contributed by atoms with Gasteiger partial charge in [-0.15, -0.1) is 5.10 Å². The summed E-state index contributed by atoms with van der Waals surface area (Å²) >= 11 is 0. The van der Waals surface area contributed by atoms with Crippen molar-refractivity contribution >= 4 is 0 Å². The molecule has 0 fully saturated rings. The maximum atomic E-state index is 13.9. The topological polar surface area (TPSA) is 81.6 Å². The van der Waals surface area contributed by atoms with E-state index in [1.807, 2.05) is 29.7 Å². The number of nitriles is 1. The van der Waals surface area contributed by atoms with E-state index in [-0.39, 0.29) is 12.4 Å². The number of aromatic nitrogens is 5. The number of aryl methyl sites for hydroxylation is 1. The summed E-state index contributed by atoms with van der Waals surface area (Å²) in [6.45, 7) is 2.06. The molecule has 0 radical (unpaired) electrons. The monoisotopic (exact) mass is 386 g/mol. The van der Waals surface area contributed by atoms with Crippen molar-refractivity contribution in [1.29, 1.82) is 5.26 Å². The number of hydrogen-bond donors (Lipinski definition) is 0. The minimum atomic E-state index is -0.434. The van der Waals surface area contributed by atoms with Gasteiger partial charge in [-0.25, -0.2) is 14.1 Å². The fraction of sp³-hybridized carbons (Fsp3) is 0.143. The number of ether oxygens (including phenoxy) is 1. The molecule has 0 atom stereocenters. The van der Waals surface area contributed by atoms with Crippen molar-refractivity contribution in [3.05, 3.63) is 82.9 Å². The van der Waals surface area contributed by atoms with Crippen LogP contribution in [-0.4, -0.2) is 24.5 Å².